The van der Waals surface area contributed by atoms with E-state index in [4.69, 9.17) is 33.9 Å². The van der Waals surface area contributed by atoms with Gasteiger partial charge in [0.2, 0.25) is 8.77 Å². The highest BCUT2D eigenvalue weighted by Gasteiger charge is 2.00. The predicted octanol–water partition coefficient (Wildman–Crippen LogP) is 5.13. The minimum absolute atomic E-state index is 0.633. The van der Waals surface area contributed by atoms with Crippen molar-refractivity contribution >= 4 is 88.1 Å². The Morgan fingerprint density at radius 2 is 1.21 bits per heavy atom. The Kier molecular flexibility index (Phi) is 17.2. The third kappa shape index (κ3) is 15.7. The average molecular weight is 395 g/mol. The van der Waals surface area contributed by atoms with Crippen molar-refractivity contribution in [1.29, 1.82) is 0 Å². The minimum atomic E-state index is 0.633. The Labute approximate surface area is 146 Å². The molecule has 0 aliphatic heterocycles. The molecular formula is C10H18O2S7. The third-order valence-electron chi connectivity index (χ3n) is 1.40. The Morgan fingerprint density at radius 1 is 0.789 bits per heavy atom. The molecule has 0 saturated carbocycles. The highest BCUT2D eigenvalue weighted by molar-refractivity contribution is 8.84. The third-order valence-corrected chi connectivity index (χ3v) is 8.37. The molecule has 0 aromatic carbocycles. The number of thiocarbonyl (C=S) groups is 2. The molecule has 2 nitrogen and oxygen atoms in total. The van der Waals surface area contributed by atoms with Crippen molar-refractivity contribution < 1.29 is 9.47 Å². The number of hydrogen-bond donors (Lipinski definition) is 0. The predicted molar refractivity (Wildman–Crippen MR) is 106 cm³/mol. The average Bonchev–Trinajstić information content (AvgIpc) is 2.37. The second-order valence-corrected chi connectivity index (χ2v) is 10.0. The topological polar surface area (TPSA) is 18.5 Å². The van der Waals surface area contributed by atoms with Crippen molar-refractivity contribution in [3.05, 3.63) is 0 Å². The molecule has 0 aliphatic carbocycles. The number of ether oxygens (including phenoxy) is 2. The summed E-state index contributed by atoms with van der Waals surface area (Å²) in [7, 11) is 6.60. The second-order valence-electron chi connectivity index (χ2n) is 2.79. The van der Waals surface area contributed by atoms with Crippen LogP contribution in [0.2, 0.25) is 0 Å². The number of thioether (sulfide) groups is 1. The molecule has 9 heteroatoms. The zero-order valence-corrected chi connectivity index (χ0v) is 16.6. The van der Waals surface area contributed by atoms with Gasteiger partial charge in [0.1, 0.15) is 0 Å². The lowest BCUT2D eigenvalue weighted by atomic mass is 10.9. The molecule has 0 N–H and O–H groups in total. The van der Waals surface area contributed by atoms with Gasteiger partial charge in [-0.3, -0.25) is 0 Å². The monoisotopic (exact) mass is 394 g/mol. The van der Waals surface area contributed by atoms with E-state index in [1.165, 1.54) is 0 Å². The van der Waals surface area contributed by atoms with Gasteiger partial charge in [-0.25, -0.2) is 0 Å². The maximum absolute atomic E-state index is 5.18. The smallest absolute Gasteiger partial charge is 0.230 e. The molecule has 0 unspecified atom stereocenters. The van der Waals surface area contributed by atoms with Crippen LogP contribution in [0.3, 0.4) is 0 Å². The molecule has 0 heterocycles. The van der Waals surface area contributed by atoms with E-state index in [1.54, 1.807) is 43.2 Å². The van der Waals surface area contributed by atoms with Crippen molar-refractivity contribution in [2.45, 2.75) is 13.8 Å². The van der Waals surface area contributed by atoms with E-state index in [2.05, 4.69) is 0 Å². The zero-order valence-electron chi connectivity index (χ0n) is 10.9. The molecule has 0 fully saturated rings. The van der Waals surface area contributed by atoms with Crippen molar-refractivity contribution in [3.63, 3.8) is 0 Å². The van der Waals surface area contributed by atoms with Crippen LogP contribution in [0.5, 0.6) is 0 Å². The van der Waals surface area contributed by atoms with Crippen LogP contribution in [0, 0.1) is 0 Å². The van der Waals surface area contributed by atoms with Crippen molar-refractivity contribution in [3.8, 4) is 0 Å². The fourth-order valence-corrected chi connectivity index (χ4v) is 6.83. The van der Waals surface area contributed by atoms with Gasteiger partial charge in [0.05, 0.1) is 13.2 Å². The quantitative estimate of drug-likeness (QED) is 0.283. The van der Waals surface area contributed by atoms with Crippen molar-refractivity contribution in [2.75, 3.05) is 36.2 Å². The fraction of sp³-hybridized carbons (Fsp3) is 0.800. The van der Waals surface area contributed by atoms with Crippen LogP contribution in [0.1, 0.15) is 13.8 Å². The van der Waals surface area contributed by atoms with Crippen LogP contribution in [0.25, 0.3) is 0 Å². The maximum atomic E-state index is 5.18. The molecule has 0 atom stereocenters. The van der Waals surface area contributed by atoms with Crippen LogP contribution in [0.4, 0.5) is 0 Å². The minimum Gasteiger partial charge on any atom is -0.478 e. The van der Waals surface area contributed by atoms with Crippen LogP contribution in [-0.2, 0) is 9.47 Å². The number of hydrogen-bond acceptors (Lipinski definition) is 9. The van der Waals surface area contributed by atoms with Crippen LogP contribution >= 0.6 is 79.4 Å². The maximum Gasteiger partial charge on any atom is 0.230 e. The van der Waals surface area contributed by atoms with Crippen molar-refractivity contribution in [1.82, 2.24) is 0 Å². The first-order valence-corrected chi connectivity index (χ1v) is 12.3. The lowest BCUT2D eigenvalue weighted by Gasteiger charge is -2.04. The first kappa shape index (κ1) is 20.5. The molecule has 0 spiro atoms. The first-order valence-electron chi connectivity index (χ1n) is 5.70. The number of rotatable bonds is 10. The van der Waals surface area contributed by atoms with Gasteiger partial charge in [0, 0.05) is 23.0 Å². The molecule has 0 bridgehead atoms. The van der Waals surface area contributed by atoms with Gasteiger partial charge >= 0.3 is 0 Å². The summed E-state index contributed by atoms with van der Waals surface area (Å²) in [5.74, 6) is 4.43. The lowest BCUT2D eigenvalue weighted by molar-refractivity contribution is 0.346. The summed E-state index contributed by atoms with van der Waals surface area (Å²) in [5, 5.41) is 0. The summed E-state index contributed by atoms with van der Waals surface area (Å²) in [6.07, 6.45) is 0. The lowest BCUT2D eigenvalue weighted by Crippen LogP contribution is -1.95. The van der Waals surface area contributed by atoms with E-state index in [-0.39, 0.29) is 0 Å². The molecule has 0 radical (unpaired) electrons. The molecule has 0 aliphatic rings. The molecule has 0 aromatic rings. The SMILES string of the molecule is CCOC(=S)SSCCSCCSSC(=S)OCC. The molecule has 0 rings (SSSR count). The van der Waals surface area contributed by atoms with E-state index in [9.17, 15) is 0 Å². The van der Waals surface area contributed by atoms with Gasteiger partial charge < -0.3 is 9.47 Å². The van der Waals surface area contributed by atoms with Crippen molar-refractivity contribution in [2.24, 2.45) is 0 Å². The summed E-state index contributed by atoms with van der Waals surface area (Å²) >= 11 is 12.0. The molecule has 0 saturated heterocycles. The largest absolute Gasteiger partial charge is 0.478 e. The molecule has 0 aromatic heterocycles. The van der Waals surface area contributed by atoms with Crippen LogP contribution in [0.15, 0.2) is 0 Å². The van der Waals surface area contributed by atoms with E-state index < -0.39 is 0 Å². The van der Waals surface area contributed by atoms with Gasteiger partial charge in [-0.05, 0) is 59.9 Å². The highest BCUT2D eigenvalue weighted by atomic mass is 33.1. The first-order chi connectivity index (χ1) is 9.20. The fourth-order valence-electron chi connectivity index (χ4n) is 0.751. The van der Waals surface area contributed by atoms with Gasteiger partial charge in [0.15, 0.2) is 0 Å². The van der Waals surface area contributed by atoms with Crippen LogP contribution < -0.4 is 0 Å². The Balaban J connectivity index is 3.15. The highest BCUT2D eigenvalue weighted by Crippen LogP contribution is 2.26. The standard InChI is InChI=1S/C10H18O2S7/c1-3-11-9(13)18-16-7-5-15-6-8-17-19-10(14)12-4-2/h3-8H2,1-2H3. The Morgan fingerprint density at radius 3 is 1.58 bits per heavy atom. The van der Waals surface area contributed by atoms with Gasteiger partial charge in [0.25, 0.3) is 0 Å². The van der Waals surface area contributed by atoms with Gasteiger partial charge in [-0.1, -0.05) is 21.6 Å². The van der Waals surface area contributed by atoms with Gasteiger partial charge in [-0.2, -0.15) is 11.8 Å². The van der Waals surface area contributed by atoms with Gasteiger partial charge in [-0.15, -0.1) is 0 Å². The molecule has 112 valence electrons. The van der Waals surface area contributed by atoms with E-state index in [0.717, 1.165) is 23.0 Å². The Bertz CT molecular complexity index is 226. The molecule has 19 heavy (non-hydrogen) atoms. The zero-order chi connectivity index (χ0) is 14.3. The van der Waals surface area contributed by atoms with E-state index in [1.807, 2.05) is 25.6 Å². The summed E-state index contributed by atoms with van der Waals surface area (Å²) < 4.78 is 11.6. The summed E-state index contributed by atoms with van der Waals surface area (Å²) in [6.45, 7) is 5.19. The molecule has 0 amide bonds. The van der Waals surface area contributed by atoms with E-state index in [0.29, 0.717) is 22.0 Å². The molecular weight excluding hydrogens is 377 g/mol. The van der Waals surface area contributed by atoms with Crippen LogP contribution in [-0.4, -0.2) is 45.0 Å². The summed E-state index contributed by atoms with van der Waals surface area (Å²) in [4.78, 5) is 0. The second kappa shape index (κ2) is 15.9. The van der Waals surface area contributed by atoms with E-state index >= 15 is 0 Å². The normalized spacial score (nSPS) is 10.2. The summed E-state index contributed by atoms with van der Waals surface area (Å²) in [6, 6.07) is 0. The summed E-state index contributed by atoms with van der Waals surface area (Å²) in [5.41, 5.74) is 0. The Hall–Kier alpha value is 1.53.